The first kappa shape index (κ1) is 12.7. The van der Waals surface area contributed by atoms with Gasteiger partial charge in [0.15, 0.2) is 0 Å². The minimum absolute atomic E-state index is 0.103. The number of aromatic nitrogens is 1. The quantitative estimate of drug-likeness (QED) is 0.909. The van der Waals surface area contributed by atoms with Gasteiger partial charge in [-0.2, -0.15) is 0 Å². The molecule has 102 valence electrons. The van der Waals surface area contributed by atoms with Gasteiger partial charge in [-0.25, -0.2) is 0 Å². The molecule has 1 saturated heterocycles. The van der Waals surface area contributed by atoms with Crippen LogP contribution in [0.2, 0.25) is 0 Å². The number of rotatable bonds is 2. The molecule has 4 nitrogen and oxygen atoms in total. The van der Waals surface area contributed by atoms with Crippen LogP contribution in [0, 0.1) is 0 Å². The molecule has 4 heteroatoms. The molecule has 0 bridgehead atoms. The summed E-state index contributed by atoms with van der Waals surface area (Å²) in [4.78, 5) is 28.3. The van der Waals surface area contributed by atoms with Gasteiger partial charge in [0, 0.05) is 12.6 Å². The SMILES string of the molecule is O=C(c1cccc(=O)[nH]1)N1CCCC1c1ccccc1. The molecule has 2 aromatic rings. The summed E-state index contributed by atoms with van der Waals surface area (Å²) in [5.74, 6) is -0.103. The van der Waals surface area contributed by atoms with Gasteiger partial charge in [0.1, 0.15) is 5.69 Å². The molecule has 0 saturated carbocycles. The highest BCUT2D eigenvalue weighted by Crippen LogP contribution is 2.32. The molecule has 1 aromatic carbocycles. The van der Waals surface area contributed by atoms with Crippen LogP contribution < -0.4 is 5.56 Å². The van der Waals surface area contributed by atoms with Crippen molar-refractivity contribution in [3.05, 3.63) is 70.1 Å². The second kappa shape index (κ2) is 5.33. The average molecular weight is 268 g/mol. The fourth-order valence-corrected chi connectivity index (χ4v) is 2.76. The molecular formula is C16H16N2O2. The highest BCUT2D eigenvalue weighted by molar-refractivity contribution is 5.92. The number of amides is 1. The Morgan fingerprint density at radius 1 is 1.10 bits per heavy atom. The number of aromatic amines is 1. The summed E-state index contributed by atoms with van der Waals surface area (Å²) in [5, 5.41) is 0. The van der Waals surface area contributed by atoms with Gasteiger partial charge in [-0.05, 0) is 24.5 Å². The predicted octanol–water partition coefficient (Wildman–Crippen LogP) is 2.35. The molecule has 20 heavy (non-hydrogen) atoms. The number of H-pyrrole nitrogens is 1. The van der Waals surface area contributed by atoms with Crippen molar-refractivity contribution >= 4 is 5.91 Å². The molecular weight excluding hydrogens is 252 g/mol. The van der Waals surface area contributed by atoms with E-state index < -0.39 is 0 Å². The van der Waals surface area contributed by atoms with Crippen molar-refractivity contribution in [3.8, 4) is 0 Å². The molecule has 1 unspecified atom stereocenters. The lowest BCUT2D eigenvalue weighted by molar-refractivity contribution is 0.0729. The molecule has 3 rings (SSSR count). The Bertz CT molecular complexity index is 663. The van der Waals surface area contributed by atoms with E-state index in [9.17, 15) is 9.59 Å². The van der Waals surface area contributed by atoms with Crippen molar-refractivity contribution in [2.45, 2.75) is 18.9 Å². The largest absolute Gasteiger partial charge is 0.330 e. The number of benzene rings is 1. The van der Waals surface area contributed by atoms with Crippen molar-refractivity contribution in [3.63, 3.8) is 0 Å². The van der Waals surface area contributed by atoms with Crippen LogP contribution >= 0.6 is 0 Å². The van der Waals surface area contributed by atoms with E-state index in [-0.39, 0.29) is 17.5 Å². The predicted molar refractivity (Wildman–Crippen MR) is 76.5 cm³/mol. The summed E-state index contributed by atoms with van der Waals surface area (Å²) in [6.45, 7) is 0.731. The van der Waals surface area contributed by atoms with E-state index in [0.29, 0.717) is 5.69 Å². The molecule has 1 amide bonds. The standard InChI is InChI=1S/C16H16N2O2/c19-15-10-4-8-13(17-15)16(20)18-11-5-9-14(18)12-6-2-1-3-7-12/h1-4,6-8,10,14H,5,9,11H2,(H,17,19). The van der Waals surface area contributed by atoms with Crippen molar-refractivity contribution in [2.24, 2.45) is 0 Å². The third kappa shape index (κ3) is 2.37. The fraction of sp³-hybridized carbons (Fsp3) is 0.250. The van der Waals surface area contributed by atoms with Gasteiger partial charge in [0.25, 0.3) is 5.91 Å². The number of hydrogen-bond donors (Lipinski definition) is 1. The normalized spacial score (nSPS) is 18.2. The van der Waals surface area contributed by atoms with Crippen LogP contribution in [0.15, 0.2) is 53.3 Å². The third-order valence-electron chi connectivity index (χ3n) is 3.70. The van der Waals surface area contributed by atoms with Gasteiger partial charge in [0.05, 0.1) is 6.04 Å². The molecule has 1 aliphatic rings. The Morgan fingerprint density at radius 3 is 2.65 bits per heavy atom. The van der Waals surface area contributed by atoms with Gasteiger partial charge < -0.3 is 9.88 Å². The maximum atomic E-state index is 12.5. The van der Waals surface area contributed by atoms with E-state index in [1.807, 2.05) is 35.2 Å². The number of pyridine rings is 1. The molecule has 0 radical (unpaired) electrons. The van der Waals surface area contributed by atoms with Crippen LogP contribution in [-0.2, 0) is 0 Å². The first-order valence-electron chi connectivity index (χ1n) is 6.81. The number of carbonyl (C=O) groups is 1. The Labute approximate surface area is 117 Å². The first-order chi connectivity index (χ1) is 9.75. The zero-order valence-electron chi connectivity index (χ0n) is 11.1. The minimum Gasteiger partial charge on any atom is -0.330 e. The number of hydrogen-bond acceptors (Lipinski definition) is 2. The fourth-order valence-electron chi connectivity index (χ4n) is 2.76. The highest BCUT2D eigenvalue weighted by atomic mass is 16.2. The number of likely N-dealkylation sites (tertiary alicyclic amines) is 1. The van der Waals surface area contributed by atoms with Crippen LogP contribution in [0.4, 0.5) is 0 Å². The summed E-state index contributed by atoms with van der Waals surface area (Å²) >= 11 is 0. The second-order valence-corrected chi connectivity index (χ2v) is 5.00. The molecule has 1 atom stereocenters. The summed E-state index contributed by atoms with van der Waals surface area (Å²) < 4.78 is 0. The van der Waals surface area contributed by atoms with Crippen molar-refractivity contribution in [1.82, 2.24) is 9.88 Å². The van der Waals surface area contributed by atoms with Crippen molar-refractivity contribution in [1.29, 1.82) is 0 Å². The van der Waals surface area contributed by atoms with E-state index >= 15 is 0 Å². The van der Waals surface area contributed by atoms with E-state index in [0.717, 1.165) is 24.9 Å². The monoisotopic (exact) mass is 268 g/mol. The minimum atomic E-state index is -0.244. The molecule has 1 aromatic heterocycles. The Kier molecular flexibility index (Phi) is 3.37. The van der Waals surface area contributed by atoms with E-state index in [1.165, 1.54) is 6.07 Å². The zero-order chi connectivity index (χ0) is 13.9. The summed E-state index contributed by atoms with van der Waals surface area (Å²) in [6, 6.07) is 14.8. The molecule has 1 N–H and O–H groups in total. The van der Waals surface area contributed by atoms with Gasteiger partial charge in [-0.3, -0.25) is 9.59 Å². The van der Waals surface area contributed by atoms with Crippen molar-refractivity contribution < 1.29 is 4.79 Å². The lowest BCUT2D eigenvalue weighted by atomic mass is 10.0. The van der Waals surface area contributed by atoms with E-state index in [1.54, 1.807) is 12.1 Å². The van der Waals surface area contributed by atoms with Crippen LogP contribution in [-0.4, -0.2) is 22.3 Å². The second-order valence-electron chi connectivity index (χ2n) is 5.00. The molecule has 2 heterocycles. The highest BCUT2D eigenvalue weighted by Gasteiger charge is 2.30. The molecule has 1 fully saturated rings. The number of nitrogens with zero attached hydrogens (tertiary/aromatic N) is 1. The van der Waals surface area contributed by atoms with Gasteiger partial charge >= 0.3 is 0 Å². The summed E-state index contributed by atoms with van der Waals surface area (Å²) in [6.07, 6.45) is 1.95. The third-order valence-corrected chi connectivity index (χ3v) is 3.70. The topological polar surface area (TPSA) is 53.2 Å². The Hall–Kier alpha value is -2.36. The van der Waals surface area contributed by atoms with E-state index in [2.05, 4.69) is 4.98 Å². The molecule has 0 aliphatic carbocycles. The van der Waals surface area contributed by atoms with Gasteiger partial charge in [-0.15, -0.1) is 0 Å². The van der Waals surface area contributed by atoms with Crippen LogP contribution in [0.3, 0.4) is 0 Å². The smallest absolute Gasteiger partial charge is 0.270 e. The van der Waals surface area contributed by atoms with Gasteiger partial charge in [-0.1, -0.05) is 36.4 Å². The maximum Gasteiger partial charge on any atom is 0.270 e. The lowest BCUT2D eigenvalue weighted by Crippen LogP contribution is -2.32. The Morgan fingerprint density at radius 2 is 1.90 bits per heavy atom. The first-order valence-corrected chi connectivity index (χ1v) is 6.81. The summed E-state index contributed by atoms with van der Waals surface area (Å²) in [5.41, 5.74) is 1.27. The number of carbonyl (C=O) groups excluding carboxylic acids is 1. The average Bonchev–Trinajstić information content (AvgIpc) is 2.97. The lowest BCUT2D eigenvalue weighted by Gasteiger charge is -2.25. The van der Waals surface area contributed by atoms with Crippen LogP contribution in [0.5, 0.6) is 0 Å². The van der Waals surface area contributed by atoms with E-state index in [4.69, 9.17) is 0 Å². The zero-order valence-corrected chi connectivity index (χ0v) is 11.1. The van der Waals surface area contributed by atoms with Crippen molar-refractivity contribution in [2.75, 3.05) is 6.54 Å². The Balaban J connectivity index is 1.89. The van der Waals surface area contributed by atoms with Crippen LogP contribution in [0.25, 0.3) is 0 Å². The maximum absolute atomic E-state index is 12.5. The van der Waals surface area contributed by atoms with Gasteiger partial charge in [0.2, 0.25) is 5.56 Å². The van der Waals surface area contributed by atoms with Crippen LogP contribution in [0.1, 0.15) is 34.9 Å². The molecule has 1 aliphatic heterocycles. The molecule has 0 spiro atoms. The number of nitrogens with one attached hydrogen (secondary N) is 1. The summed E-state index contributed by atoms with van der Waals surface area (Å²) in [7, 11) is 0.